The molecular weight excluding hydrogens is 228 g/mol. The smallest absolute Gasteiger partial charge is 0.0565 e. The van der Waals surface area contributed by atoms with E-state index in [2.05, 4.69) is 41.5 Å². The van der Waals surface area contributed by atoms with Crippen LogP contribution in [0, 0.1) is 5.92 Å². The number of hydrogen-bond donors (Lipinski definition) is 0. The van der Waals surface area contributed by atoms with Crippen LogP contribution < -0.4 is 0 Å². The van der Waals surface area contributed by atoms with Gasteiger partial charge in [-0.3, -0.25) is 4.68 Å². The molecule has 2 nitrogen and oxygen atoms in total. The van der Waals surface area contributed by atoms with Gasteiger partial charge in [0.25, 0.3) is 0 Å². The number of aromatic nitrogens is 2. The molecule has 0 amide bonds. The molecule has 0 saturated heterocycles. The summed E-state index contributed by atoms with van der Waals surface area (Å²) < 4.78 is 1.97. The standard InChI is InChI=1S/C10H15BrN2/c1-8(2)6-13-7-10(5-12-13)9(3)4-11/h5,7-8H,3-4,6H2,1-2H3. The summed E-state index contributed by atoms with van der Waals surface area (Å²) in [5.41, 5.74) is 2.20. The van der Waals surface area contributed by atoms with Gasteiger partial charge in [-0.1, -0.05) is 36.4 Å². The fourth-order valence-electron chi connectivity index (χ4n) is 1.10. The highest BCUT2D eigenvalue weighted by Crippen LogP contribution is 2.13. The van der Waals surface area contributed by atoms with Crippen LogP contribution >= 0.6 is 15.9 Å². The Hall–Kier alpha value is -0.570. The first kappa shape index (κ1) is 10.5. The lowest BCUT2D eigenvalue weighted by Gasteiger charge is -2.03. The van der Waals surface area contributed by atoms with Crippen molar-refractivity contribution in [3.8, 4) is 0 Å². The zero-order chi connectivity index (χ0) is 9.84. The molecule has 1 rings (SSSR count). The Morgan fingerprint density at radius 3 is 2.92 bits per heavy atom. The van der Waals surface area contributed by atoms with Gasteiger partial charge in [0.2, 0.25) is 0 Å². The van der Waals surface area contributed by atoms with Crippen molar-refractivity contribution in [2.45, 2.75) is 20.4 Å². The lowest BCUT2D eigenvalue weighted by molar-refractivity contribution is 0.483. The maximum Gasteiger partial charge on any atom is 0.0565 e. The predicted molar refractivity (Wildman–Crippen MR) is 59.9 cm³/mol. The lowest BCUT2D eigenvalue weighted by atomic mass is 10.2. The molecule has 0 bridgehead atoms. The molecule has 0 fully saturated rings. The third kappa shape index (κ3) is 2.99. The van der Waals surface area contributed by atoms with E-state index in [1.54, 1.807) is 0 Å². The Morgan fingerprint density at radius 2 is 2.38 bits per heavy atom. The second-order valence-electron chi connectivity index (χ2n) is 3.58. The van der Waals surface area contributed by atoms with Gasteiger partial charge in [-0.25, -0.2) is 0 Å². The van der Waals surface area contributed by atoms with Gasteiger partial charge in [0, 0.05) is 23.6 Å². The van der Waals surface area contributed by atoms with Crippen LogP contribution in [0.1, 0.15) is 19.4 Å². The summed E-state index contributed by atoms with van der Waals surface area (Å²) in [6, 6.07) is 0. The van der Waals surface area contributed by atoms with Gasteiger partial charge in [0.15, 0.2) is 0 Å². The molecule has 1 aromatic heterocycles. The quantitative estimate of drug-likeness (QED) is 0.743. The predicted octanol–water partition coefficient (Wildman–Crippen LogP) is 2.95. The minimum Gasteiger partial charge on any atom is -0.272 e. The maximum absolute atomic E-state index is 4.26. The zero-order valence-corrected chi connectivity index (χ0v) is 9.71. The van der Waals surface area contributed by atoms with Crippen molar-refractivity contribution in [1.82, 2.24) is 9.78 Å². The van der Waals surface area contributed by atoms with E-state index in [4.69, 9.17) is 0 Å². The van der Waals surface area contributed by atoms with E-state index in [9.17, 15) is 0 Å². The van der Waals surface area contributed by atoms with Crippen molar-refractivity contribution in [3.63, 3.8) is 0 Å². The minimum absolute atomic E-state index is 0.630. The van der Waals surface area contributed by atoms with Crippen molar-refractivity contribution in [1.29, 1.82) is 0 Å². The highest BCUT2D eigenvalue weighted by molar-refractivity contribution is 9.09. The molecule has 0 saturated carbocycles. The van der Waals surface area contributed by atoms with Gasteiger partial charge >= 0.3 is 0 Å². The molecule has 0 N–H and O–H groups in total. The zero-order valence-electron chi connectivity index (χ0n) is 8.13. The Morgan fingerprint density at radius 1 is 1.69 bits per heavy atom. The number of nitrogens with zero attached hydrogens (tertiary/aromatic N) is 2. The summed E-state index contributed by atoms with van der Waals surface area (Å²) in [6.07, 6.45) is 3.91. The van der Waals surface area contributed by atoms with E-state index in [0.717, 1.165) is 23.0 Å². The van der Waals surface area contributed by atoms with E-state index in [-0.39, 0.29) is 0 Å². The Labute approximate surface area is 87.8 Å². The third-order valence-electron chi connectivity index (χ3n) is 1.76. The van der Waals surface area contributed by atoms with Crippen LogP contribution in [0.3, 0.4) is 0 Å². The summed E-state index contributed by atoms with van der Waals surface area (Å²) in [4.78, 5) is 0. The van der Waals surface area contributed by atoms with Crippen molar-refractivity contribution >= 4 is 21.5 Å². The third-order valence-corrected chi connectivity index (χ3v) is 2.43. The number of allylic oxidation sites excluding steroid dienone is 1. The molecule has 0 aromatic carbocycles. The molecule has 3 heteroatoms. The van der Waals surface area contributed by atoms with Crippen LogP contribution in [0.5, 0.6) is 0 Å². The fraction of sp³-hybridized carbons (Fsp3) is 0.500. The highest BCUT2D eigenvalue weighted by Gasteiger charge is 2.02. The SMILES string of the molecule is C=C(CBr)c1cnn(CC(C)C)c1. The minimum atomic E-state index is 0.630. The van der Waals surface area contributed by atoms with E-state index in [0.29, 0.717) is 5.92 Å². The second kappa shape index (κ2) is 4.61. The van der Waals surface area contributed by atoms with E-state index < -0.39 is 0 Å². The second-order valence-corrected chi connectivity index (χ2v) is 4.14. The van der Waals surface area contributed by atoms with E-state index in [1.807, 2.05) is 17.1 Å². The molecule has 0 unspecified atom stereocenters. The van der Waals surface area contributed by atoms with Crippen LogP contribution in [-0.2, 0) is 6.54 Å². The lowest BCUT2D eigenvalue weighted by Crippen LogP contribution is -2.04. The van der Waals surface area contributed by atoms with Gasteiger partial charge in [-0.2, -0.15) is 5.10 Å². The van der Waals surface area contributed by atoms with Gasteiger partial charge in [-0.15, -0.1) is 0 Å². The topological polar surface area (TPSA) is 17.8 Å². The number of hydrogen-bond acceptors (Lipinski definition) is 1. The molecular formula is C10H15BrN2. The van der Waals surface area contributed by atoms with Crippen LogP contribution in [0.25, 0.3) is 5.57 Å². The molecule has 0 atom stereocenters. The highest BCUT2D eigenvalue weighted by atomic mass is 79.9. The first-order chi connectivity index (χ1) is 6.13. The molecule has 0 aliphatic carbocycles. The number of halogens is 1. The van der Waals surface area contributed by atoms with Crippen molar-refractivity contribution < 1.29 is 0 Å². The molecule has 13 heavy (non-hydrogen) atoms. The van der Waals surface area contributed by atoms with E-state index >= 15 is 0 Å². The Kier molecular flexibility index (Phi) is 3.72. The number of rotatable bonds is 4. The first-order valence-electron chi connectivity index (χ1n) is 4.40. The van der Waals surface area contributed by atoms with Crippen molar-refractivity contribution in [3.05, 3.63) is 24.5 Å². The summed E-state index contributed by atoms with van der Waals surface area (Å²) in [5, 5.41) is 5.07. The largest absolute Gasteiger partial charge is 0.272 e. The van der Waals surface area contributed by atoms with Crippen LogP contribution in [-0.4, -0.2) is 15.1 Å². The molecule has 1 aromatic rings. The first-order valence-corrected chi connectivity index (χ1v) is 5.52. The summed E-state index contributed by atoms with van der Waals surface area (Å²) in [5.74, 6) is 0.630. The van der Waals surface area contributed by atoms with Gasteiger partial charge < -0.3 is 0 Å². The molecule has 0 radical (unpaired) electrons. The fourth-order valence-corrected chi connectivity index (χ4v) is 1.42. The normalized spacial score (nSPS) is 10.8. The summed E-state index contributed by atoms with van der Waals surface area (Å²) >= 11 is 3.38. The summed E-state index contributed by atoms with van der Waals surface area (Å²) in [7, 11) is 0. The van der Waals surface area contributed by atoms with Gasteiger partial charge in [0.05, 0.1) is 6.20 Å². The molecule has 72 valence electrons. The van der Waals surface area contributed by atoms with Gasteiger partial charge in [-0.05, 0) is 11.5 Å². The average Bonchev–Trinajstić information content (AvgIpc) is 2.50. The Balaban J connectivity index is 2.69. The van der Waals surface area contributed by atoms with Crippen molar-refractivity contribution in [2.24, 2.45) is 5.92 Å². The average molecular weight is 243 g/mol. The van der Waals surface area contributed by atoms with Crippen LogP contribution in [0.2, 0.25) is 0 Å². The van der Waals surface area contributed by atoms with Crippen molar-refractivity contribution in [2.75, 3.05) is 5.33 Å². The molecule has 0 aliphatic heterocycles. The monoisotopic (exact) mass is 242 g/mol. The van der Waals surface area contributed by atoms with E-state index in [1.165, 1.54) is 0 Å². The molecule has 0 spiro atoms. The van der Waals surface area contributed by atoms with Crippen LogP contribution in [0.15, 0.2) is 19.0 Å². The maximum atomic E-state index is 4.26. The summed E-state index contributed by atoms with van der Waals surface area (Å²) in [6.45, 7) is 9.27. The molecule has 1 heterocycles. The van der Waals surface area contributed by atoms with Crippen LogP contribution in [0.4, 0.5) is 0 Å². The molecule has 0 aliphatic rings. The van der Waals surface area contributed by atoms with Gasteiger partial charge in [0.1, 0.15) is 0 Å². The Bertz CT molecular complexity index is 289. The number of alkyl halides is 1.